The van der Waals surface area contributed by atoms with Crippen LogP contribution in [0.25, 0.3) is 0 Å². The Labute approximate surface area is 95.5 Å². The average Bonchev–Trinajstić information content (AvgIpc) is 2.25. The lowest BCUT2D eigenvalue weighted by Gasteiger charge is -2.39. The molecule has 0 spiro atoms. The Bertz CT molecular complexity index is 192. The van der Waals surface area contributed by atoms with Crippen molar-refractivity contribution in [3.63, 3.8) is 0 Å². The molecule has 0 radical (unpaired) electrons. The van der Waals surface area contributed by atoms with E-state index in [1.54, 1.807) is 0 Å². The summed E-state index contributed by atoms with van der Waals surface area (Å²) in [4.78, 5) is 11.2. The van der Waals surface area contributed by atoms with Crippen LogP contribution in [0.15, 0.2) is 0 Å². The van der Waals surface area contributed by atoms with Gasteiger partial charge >= 0.3 is 0 Å². The molecule has 0 saturated heterocycles. The van der Waals surface area contributed by atoms with Crippen LogP contribution >= 0.6 is 0 Å². The van der Waals surface area contributed by atoms with Crippen LogP contribution in [0.4, 0.5) is 0 Å². The molecule has 1 unspecified atom stereocenters. The van der Waals surface area contributed by atoms with Crippen LogP contribution in [-0.4, -0.2) is 20.2 Å². The number of hydrogen-bond donors (Lipinski definition) is 0. The third kappa shape index (κ3) is 3.42. The van der Waals surface area contributed by atoms with Gasteiger partial charge in [0.2, 0.25) is 0 Å². The Morgan fingerprint density at radius 1 is 1.20 bits per heavy atom. The Hall–Kier alpha value is -0.153. The van der Waals surface area contributed by atoms with Crippen molar-refractivity contribution in [2.45, 2.75) is 65.3 Å². The van der Waals surface area contributed by atoms with E-state index in [-0.39, 0.29) is 5.92 Å². The molecule has 0 fully saturated rings. The SMILES string of the molecule is CC[Si](CC)(CC)OC(C)(C=O)C(C)C. The van der Waals surface area contributed by atoms with Gasteiger partial charge in [0.15, 0.2) is 14.6 Å². The monoisotopic (exact) mass is 230 g/mol. The first-order chi connectivity index (χ1) is 6.89. The van der Waals surface area contributed by atoms with E-state index in [1.165, 1.54) is 0 Å². The summed E-state index contributed by atoms with van der Waals surface area (Å²) < 4.78 is 6.25. The predicted molar refractivity (Wildman–Crippen MR) is 67.6 cm³/mol. The Morgan fingerprint density at radius 2 is 1.60 bits per heavy atom. The second kappa shape index (κ2) is 5.80. The van der Waals surface area contributed by atoms with Crippen LogP contribution < -0.4 is 0 Å². The fourth-order valence-corrected chi connectivity index (χ4v) is 4.86. The molecule has 0 bridgehead atoms. The van der Waals surface area contributed by atoms with E-state index >= 15 is 0 Å². The van der Waals surface area contributed by atoms with Crippen LogP contribution in [0.5, 0.6) is 0 Å². The highest BCUT2D eigenvalue weighted by molar-refractivity contribution is 6.73. The van der Waals surface area contributed by atoms with Gasteiger partial charge in [0, 0.05) is 0 Å². The third-order valence-electron chi connectivity index (χ3n) is 3.75. The molecule has 2 nitrogen and oxygen atoms in total. The summed E-state index contributed by atoms with van der Waals surface area (Å²) in [5, 5.41) is 0. The van der Waals surface area contributed by atoms with Crippen LogP contribution in [0.2, 0.25) is 18.1 Å². The fraction of sp³-hybridized carbons (Fsp3) is 0.917. The standard InChI is InChI=1S/C12H26O2Si/c1-7-15(8-2,9-3)14-12(6,10-13)11(4)5/h10-11H,7-9H2,1-6H3. The zero-order valence-electron chi connectivity index (χ0n) is 11.1. The summed E-state index contributed by atoms with van der Waals surface area (Å²) in [6, 6.07) is 3.28. The van der Waals surface area contributed by atoms with Gasteiger partial charge in [-0.2, -0.15) is 0 Å². The minimum absolute atomic E-state index is 0.242. The first-order valence-electron chi connectivity index (χ1n) is 6.06. The van der Waals surface area contributed by atoms with Crippen molar-refractivity contribution in [1.29, 1.82) is 0 Å². The van der Waals surface area contributed by atoms with Gasteiger partial charge in [-0.3, -0.25) is 0 Å². The molecule has 0 rings (SSSR count). The summed E-state index contributed by atoms with van der Waals surface area (Å²) in [5.41, 5.74) is -0.589. The van der Waals surface area contributed by atoms with Crippen molar-refractivity contribution >= 4 is 14.6 Å². The molecule has 3 heteroatoms. The number of hydrogen-bond acceptors (Lipinski definition) is 2. The minimum atomic E-state index is -1.67. The number of aldehydes is 1. The highest BCUT2D eigenvalue weighted by Crippen LogP contribution is 2.30. The Balaban J connectivity index is 4.85. The van der Waals surface area contributed by atoms with Crippen LogP contribution in [0.3, 0.4) is 0 Å². The number of rotatable bonds is 7. The normalized spacial score (nSPS) is 16.5. The van der Waals surface area contributed by atoms with E-state index < -0.39 is 13.9 Å². The van der Waals surface area contributed by atoms with E-state index in [2.05, 4.69) is 34.6 Å². The maximum atomic E-state index is 11.2. The van der Waals surface area contributed by atoms with Gasteiger partial charge in [-0.05, 0) is 31.0 Å². The Morgan fingerprint density at radius 3 is 1.80 bits per heavy atom. The first-order valence-corrected chi connectivity index (χ1v) is 8.59. The lowest BCUT2D eigenvalue weighted by atomic mass is 9.95. The molecule has 0 saturated carbocycles. The van der Waals surface area contributed by atoms with Gasteiger partial charge in [0.05, 0.1) is 0 Å². The summed E-state index contributed by atoms with van der Waals surface area (Å²) in [6.07, 6.45) is 0.987. The summed E-state index contributed by atoms with van der Waals surface area (Å²) in [6.45, 7) is 12.6. The zero-order valence-corrected chi connectivity index (χ0v) is 12.1. The third-order valence-corrected chi connectivity index (χ3v) is 8.49. The molecular formula is C12H26O2Si. The lowest BCUT2D eigenvalue weighted by molar-refractivity contribution is -0.124. The van der Waals surface area contributed by atoms with Crippen LogP contribution in [-0.2, 0) is 9.22 Å². The second-order valence-corrected chi connectivity index (χ2v) is 9.49. The highest BCUT2D eigenvalue weighted by atomic mass is 28.4. The van der Waals surface area contributed by atoms with Crippen molar-refractivity contribution in [2.24, 2.45) is 5.92 Å². The van der Waals surface area contributed by atoms with Crippen molar-refractivity contribution in [3.8, 4) is 0 Å². The van der Waals surface area contributed by atoms with E-state index in [0.717, 1.165) is 24.4 Å². The van der Waals surface area contributed by atoms with Gasteiger partial charge in [-0.15, -0.1) is 0 Å². The molecular weight excluding hydrogens is 204 g/mol. The van der Waals surface area contributed by atoms with Gasteiger partial charge in [-0.1, -0.05) is 34.6 Å². The van der Waals surface area contributed by atoms with Crippen LogP contribution in [0.1, 0.15) is 41.5 Å². The molecule has 0 aliphatic rings. The smallest absolute Gasteiger partial charge is 0.193 e. The first kappa shape index (κ1) is 14.8. The number of carbonyl (C=O) groups excluding carboxylic acids is 1. The molecule has 1 atom stereocenters. The van der Waals surface area contributed by atoms with E-state index in [4.69, 9.17) is 4.43 Å². The molecule has 0 aliphatic carbocycles. The highest BCUT2D eigenvalue weighted by Gasteiger charge is 2.39. The average molecular weight is 230 g/mol. The zero-order chi connectivity index (χ0) is 12.1. The summed E-state index contributed by atoms with van der Waals surface area (Å²) in [5.74, 6) is 0.242. The quantitative estimate of drug-likeness (QED) is 0.493. The van der Waals surface area contributed by atoms with E-state index in [1.807, 2.05) is 6.92 Å². The van der Waals surface area contributed by atoms with E-state index in [0.29, 0.717) is 0 Å². The van der Waals surface area contributed by atoms with E-state index in [9.17, 15) is 4.79 Å². The molecule has 0 aromatic rings. The second-order valence-electron chi connectivity index (χ2n) is 4.80. The minimum Gasteiger partial charge on any atom is -0.405 e. The molecule has 0 aromatic carbocycles. The molecule has 0 heterocycles. The van der Waals surface area contributed by atoms with Gasteiger partial charge in [-0.25, -0.2) is 0 Å². The van der Waals surface area contributed by atoms with Crippen molar-refractivity contribution in [3.05, 3.63) is 0 Å². The lowest BCUT2D eigenvalue weighted by Crippen LogP contribution is -2.49. The predicted octanol–water partition coefficient (Wildman–Crippen LogP) is 3.62. The van der Waals surface area contributed by atoms with Gasteiger partial charge < -0.3 is 9.22 Å². The molecule has 0 aliphatic heterocycles. The number of carbonyl (C=O) groups is 1. The van der Waals surface area contributed by atoms with Crippen molar-refractivity contribution < 1.29 is 9.22 Å². The van der Waals surface area contributed by atoms with Gasteiger partial charge in [0.1, 0.15) is 5.60 Å². The summed E-state index contributed by atoms with van der Waals surface area (Å²) in [7, 11) is -1.67. The van der Waals surface area contributed by atoms with Crippen molar-refractivity contribution in [1.82, 2.24) is 0 Å². The van der Waals surface area contributed by atoms with Crippen LogP contribution in [0, 0.1) is 5.92 Å². The molecule has 0 N–H and O–H groups in total. The van der Waals surface area contributed by atoms with Crippen molar-refractivity contribution in [2.75, 3.05) is 0 Å². The molecule has 90 valence electrons. The topological polar surface area (TPSA) is 26.3 Å². The fourth-order valence-electron chi connectivity index (χ4n) is 1.71. The Kier molecular flexibility index (Phi) is 5.74. The molecule has 15 heavy (non-hydrogen) atoms. The maximum Gasteiger partial charge on any atom is 0.193 e. The molecule has 0 amide bonds. The van der Waals surface area contributed by atoms with Gasteiger partial charge in [0.25, 0.3) is 0 Å². The summed E-state index contributed by atoms with van der Waals surface area (Å²) >= 11 is 0. The maximum absolute atomic E-state index is 11.2. The molecule has 0 aromatic heterocycles. The largest absolute Gasteiger partial charge is 0.405 e.